The van der Waals surface area contributed by atoms with Gasteiger partial charge in [-0.2, -0.15) is 12.7 Å². The molecule has 3 rings (SSSR count). The van der Waals surface area contributed by atoms with Crippen LogP contribution in [-0.2, 0) is 21.4 Å². The van der Waals surface area contributed by atoms with Crippen LogP contribution in [0.25, 0.3) is 0 Å². The van der Waals surface area contributed by atoms with Crippen molar-refractivity contribution in [3.8, 4) is 0 Å². The van der Waals surface area contributed by atoms with Crippen molar-refractivity contribution in [1.82, 2.24) is 14.3 Å². The van der Waals surface area contributed by atoms with E-state index in [4.69, 9.17) is 5.14 Å². The second kappa shape index (κ2) is 5.72. The van der Waals surface area contributed by atoms with Gasteiger partial charge >= 0.3 is 0 Å². The van der Waals surface area contributed by atoms with Crippen molar-refractivity contribution < 1.29 is 13.2 Å². The van der Waals surface area contributed by atoms with Crippen molar-refractivity contribution >= 4 is 40.2 Å². The number of fused-ring (bicyclic) bond motifs is 1. The van der Waals surface area contributed by atoms with E-state index in [-0.39, 0.29) is 24.7 Å². The summed E-state index contributed by atoms with van der Waals surface area (Å²) >= 11 is 0. The number of carbonyl (C=O) groups excluding carboxylic acids is 1. The summed E-state index contributed by atoms with van der Waals surface area (Å²) < 4.78 is 23.8. The largest absolute Gasteiger partial charge is 0.354 e. The fourth-order valence-corrected chi connectivity index (χ4v) is 3.11. The molecule has 0 aromatic carbocycles. The van der Waals surface area contributed by atoms with Crippen LogP contribution in [0, 0.1) is 0 Å². The third-order valence-corrected chi connectivity index (χ3v) is 4.50. The van der Waals surface area contributed by atoms with Crippen LogP contribution in [0.1, 0.15) is 5.56 Å². The van der Waals surface area contributed by atoms with Crippen LogP contribution in [0.2, 0.25) is 0 Å². The molecule has 1 aromatic heterocycles. The number of aromatic nitrogens is 2. The molecule has 1 amide bonds. The standard InChI is InChI=1S/C10H14N6O3S.ClH/c11-20(18,19)16-3-1-15(2-4-16)10-7-5-8(17)14-9(7)12-6-13-10;/h6H,1-5H2,(H2,11,18,19)(H,12,13,14,17);1H. The SMILES string of the molecule is Cl.NS(=O)(=O)N1CCN(c2ncnc3c2CC(=O)N3)CC1. The van der Waals surface area contributed by atoms with Crippen LogP contribution in [0.5, 0.6) is 0 Å². The van der Waals surface area contributed by atoms with Crippen molar-refractivity contribution in [2.75, 3.05) is 36.4 Å². The van der Waals surface area contributed by atoms with E-state index >= 15 is 0 Å². The van der Waals surface area contributed by atoms with Gasteiger partial charge < -0.3 is 10.2 Å². The Morgan fingerprint density at radius 2 is 1.86 bits per heavy atom. The second-order valence-corrected chi connectivity index (χ2v) is 6.23. The lowest BCUT2D eigenvalue weighted by Crippen LogP contribution is -2.51. The molecule has 0 bridgehead atoms. The number of hydrogen-bond donors (Lipinski definition) is 2. The zero-order valence-electron chi connectivity index (χ0n) is 11.0. The first-order valence-corrected chi connectivity index (χ1v) is 7.62. The Bertz CT molecular complexity index is 659. The van der Waals surface area contributed by atoms with Crippen LogP contribution in [0.4, 0.5) is 11.6 Å². The second-order valence-electron chi connectivity index (χ2n) is 4.68. The Morgan fingerprint density at radius 3 is 2.48 bits per heavy atom. The highest BCUT2D eigenvalue weighted by Crippen LogP contribution is 2.29. The zero-order valence-corrected chi connectivity index (χ0v) is 12.7. The minimum Gasteiger partial charge on any atom is -0.354 e. The molecule has 3 heterocycles. The molecule has 0 atom stereocenters. The number of rotatable bonds is 2. The number of anilines is 2. The van der Waals surface area contributed by atoms with Crippen LogP contribution in [0.3, 0.4) is 0 Å². The van der Waals surface area contributed by atoms with Crippen molar-refractivity contribution in [3.05, 3.63) is 11.9 Å². The number of halogens is 1. The van der Waals surface area contributed by atoms with Gasteiger partial charge in [-0.15, -0.1) is 12.4 Å². The average Bonchev–Trinajstić information content (AvgIpc) is 2.78. The summed E-state index contributed by atoms with van der Waals surface area (Å²) in [5.41, 5.74) is 0.765. The first kappa shape index (κ1) is 15.9. The monoisotopic (exact) mass is 334 g/mol. The van der Waals surface area contributed by atoms with E-state index < -0.39 is 10.2 Å². The molecule has 0 unspecified atom stereocenters. The van der Waals surface area contributed by atoms with Crippen molar-refractivity contribution in [2.24, 2.45) is 5.14 Å². The summed E-state index contributed by atoms with van der Waals surface area (Å²) in [6, 6.07) is 0. The minimum atomic E-state index is -3.64. The maximum atomic E-state index is 11.4. The predicted molar refractivity (Wildman–Crippen MR) is 78.5 cm³/mol. The molecule has 0 aliphatic carbocycles. The van der Waals surface area contributed by atoms with Gasteiger partial charge in [0.25, 0.3) is 10.2 Å². The molecule has 2 aliphatic rings. The predicted octanol–water partition coefficient (Wildman–Crippen LogP) is -1.28. The van der Waals surface area contributed by atoms with Crippen LogP contribution in [0.15, 0.2) is 6.33 Å². The first-order chi connectivity index (χ1) is 9.45. The number of nitrogens with zero attached hydrogens (tertiary/aromatic N) is 4. The highest BCUT2D eigenvalue weighted by Gasteiger charge is 2.29. The molecule has 0 radical (unpaired) electrons. The molecule has 3 N–H and O–H groups in total. The molecule has 21 heavy (non-hydrogen) atoms. The summed E-state index contributed by atoms with van der Waals surface area (Å²) in [5.74, 6) is 1.11. The van der Waals surface area contributed by atoms with Crippen LogP contribution < -0.4 is 15.4 Å². The molecule has 0 spiro atoms. The Balaban J connectivity index is 0.00000161. The van der Waals surface area contributed by atoms with E-state index in [1.165, 1.54) is 10.6 Å². The number of hydrogen-bond acceptors (Lipinski definition) is 6. The maximum absolute atomic E-state index is 11.4. The molecular formula is C10H15ClN6O3S. The van der Waals surface area contributed by atoms with Crippen molar-refractivity contribution in [2.45, 2.75) is 6.42 Å². The molecule has 2 aliphatic heterocycles. The van der Waals surface area contributed by atoms with E-state index in [2.05, 4.69) is 15.3 Å². The van der Waals surface area contributed by atoms with Gasteiger partial charge in [0.05, 0.1) is 6.42 Å². The van der Waals surface area contributed by atoms with E-state index in [1.54, 1.807) is 0 Å². The fraction of sp³-hybridized carbons (Fsp3) is 0.500. The van der Waals surface area contributed by atoms with Gasteiger partial charge in [-0.1, -0.05) is 0 Å². The fourth-order valence-electron chi connectivity index (χ4n) is 2.44. The number of nitrogens with one attached hydrogen (secondary N) is 1. The number of nitrogens with two attached hydrogens (primary N) is 1. The summed E-state index contributed by atoms with van der Waals surface area (Å²) in [4.78, 5) is 21.6. The summed E-state index contributed by atoms with van der Waals surface area (Å²) in [6.45, 7) is 1.57. The molecule has 0 saturated carbocycles. The smallest absolute Gasteiger partial charge is 0.277 e. The Labute approximate surface area is 128 Å². The highest BCUT2D eigenvalue weighted by molar-refractivity contribution is 7.86. The van der Waals surface area contributed by atoms with E-state index in [9.17, 15) is 13.2 Å². The minimum absolute atomic E-state index is 0. The number of piperazine rings is 1. The highest BCUT2D eigenvalue weighted by atomic mass is 35.5. The lowest BCUT2D eigenvalue weighted by Gasteiger charge is -2.34. The van der Waals surface area contributed by atoms with Gasteiger partial charge in [0.1, 0.15) is 18.0 Å². The Hall–Kier alpha value is -1.49. The average molecular weight is 335 g/mol. The van der Waals surface area contributed by atoms with Gasteiger partial charge in [0, 0.05) is 31.7 Å². The molecule has 116 valence electrons. The van der Waals surface area contributed by atoms with Crippen molar-refractivity contribution in [1.29, 1.82) is 0 Å². The Morgan fingerprint density at radius 1 is 1.19 bits per heavy atom. The molecule has 1 aromatic rings. The molecule has 1 saturated heterocycles. The topological polar surface area (TPSA) is 122 Å². The molecule has 9 nitrogen and oxygen atoms in total. The third kappa shape index (κ3) is 3.07. The van der Waals surface area contributed by atoms with E-state index in [1.807, 2.05) is 4.90 Å². The summed E-state index contributed by atoms with van der Waals surface area (Å²) in [7, 11) is -3.64. The summed E-state index contributed by atoms with van der Waals surface area (Å²) in [5, 5.41) is 7.77. The summed E-state index contributed by atoms with van der Waals surface area (Å²) in [6.07, 6.45) is 1.65. The van der Waals surface area contributed by atoms with Crippen LogP contribution in [-0.4, -0.2) is 54.8 Å². The van der Waals surface area contributed by atoms with Gasteiger partial charge in [0.15, 0.2) is 0 Å². The third-order valence-electron chi connectivity index (χ3n) is 3.42. The van der Waals surface area contributed by atoms with Gasteiger partial charge in [-0.05, 0) is 0 Å². The molecule has 11 heteroatoms. The molecular weight excluding hydrogens is 320 g/mol. The lowest BCUT2D eigenvalue weighted by atomic mass is 10.2. The number of amides is 1. The Kier molecular flexibility index (Phi) is 4.33. The lowest BCUT2D eigenvalue weighted by molar-refractivity contribution is -0.115. The molecule has 1 fully saturated rings. The van der Waals surface area contributed by atoms with Gasteiger partial charge in [0.2, 0.25) is 5.91 Å². The maximum Gasteiger partial charge on any atom is 0.277 e. The van der Waals surface area contributed by atoms with Gasteiger partial charge in [-0.25, -0.2) is 15.1 Å². The van der Waals surface area contributed by atoms with Crippen molar-refractivity contribution in [3.63, 3.8) is 0 Å². The first-order valence-electron chi connectivity index (χ1n) is 6.11. The van der Waals surface area contributed by atoms with Gasteiger partial charge in [-0.3, -0.25) is 4.79 Å². The number of carbonyl (C=O) groups is 1. The quantitative estimate of drug-likeness (QED) is 0.694. The van der Waals surface area contributed by atoms with Crippen LogP contribution >= 0.6 is 12.4 Å². The zero-order chi connectivity index (χ0) is 14.3. The van der Waals surface area contributed by atoms with E-state index in [0.717, 1.165) is 5.56 Å². The normalized spacial score (nSPS) is 18.9. The van der Waals surface area contributed by atoms with E-state index in [0.29, 0.717) is 37.8 Å².